The van der Waals surface area contributed by atoms with Gasteiger partial charge in [0.2, 0.25) is 0 Å². The fourth-order valence-corrected chi connectivity index (χ4v) is 0.974. The number of hydrogen-bond acceptors (Lipinski definition) is 2. The van der Waals surface area contributed by atoms with Gasteiger partial charge in [0.1, 0.15) is 5.82 Å². The van der Waals surface area contributed by atoms with E-state index < -0.39 is 35.7 Å². The second kappa shape index (κ2) is 3.76. The highest BCUT2D eigenvalue weighted by Gasteiger charge is 2.18. The molecule has 3 N–H and O–H groups in total. The lowest BCUT2D eigenvalue weighted by atomic mass is 10.1. The van der Waals surface area contributed by atoms with Crippen LogP contribution in [0.5, 0.6) is 0 Å². The zero-order valence-corrected chi connectivity index (χ0v) is 6.60. The summed E-state index contributed by atoms with van der Waals surface area (Å²) >= 11 is 0. The van der Waals surface area contributed by atoms with E-state index in [4.69, 9.17) is 10.8 Å². The maximum Gasteiger partial charge on any atom is 0.166 e. The summed E-state index contributed by atoms with van der Waals surface area (Å²) in [7, 11) is 0. The molecule has 0 aliphatic heterocycles. The number of aliphatic hydroxyl groups excluding tert-OH is 1. The summed E-state index contributed by atoms with van der Waals surface area (Å²) in [5.74, 6) is -3.48. The van der Waals surface area contributed by atoms with Gasteiger partial charge in [0.15, 0.2) is 11.6 Å². The van der Waals surface area contributed by atoms with Crippen LogP contribution in [0.3, 0.4) is 0 Å². The largest absolute Gasteiger partial charge is 0.394 e. The minimum Gasteiger partial charge on any atom is -0.394 e. The molecule has 1 aromatic carbocycles. The fourth-order valence-electron chi connectivity index (χ4n) is 0.974. The first-order valence-corrected chi connectivity index (χ1v) is 3.57. The number of rotatable bonds is 2. The molecule has 0 spiro atoms. The van der Waals surface area contributed by atoms with E-state index in [2.05, 4.69) is 0 Å². The van der Waals surface area contributed by atoms with Gasteiger partial charge in [-0.3, -0.25) is 0 Å². The molecule has 0 unspecified atom stereocenters. The lowest BCUT2D eigenvalue weighted by Crippen LogP contribution is -2.18. The van der Waals surface area contributed by atoms with Gasteiger partial charge in [-0.05, 0) is 12.1 Å². The third-order valence-electron chi connectivity index (χ3n) is 1.65. The van der Waals surface area contributed by atoms with Crippen molar-refractivity contribution in [1.82, 2.24) is 0 Å². The van der Waals surface area contributed by atoms with Crippen LogP contribution >= 0.6 is 0 Å². The second-order valence-corrected chi connectivity index (χ2v) is 2.55. The van der Waals surface area contributed by atoms with Gasteiger partial charge in [0.05, 0.1) is 12.6 Å². The summed E-state index contributed by atoms with van der Waals surface area (Å²) in [5, 5.41) is 8.55. The lowest BCUT2D eigenvalue weighted by Gasteiger charge is -2.10. The number of halogens is 3. The van der Waals surface area contributed by atoms with E-state index in [1.807, 2.05) is 0 Å². The van der Waals surface area contributed by atoms with Gasteiger partial charge >= 0.3 is 0 Å². The molecule has 13 heavy (non-hydrogen) atoms. The Labute approximate surface area is 72.8 Å². The molecular formula is C8H8F3NO. The van der Waals surface area contributed by atoms with Crippen LogP contribution in [0.25, 0.3) is 0 Å². The summed E-state index contributed by atoms with van der Waals surface area (Å²) in [6.07, 6.45) is 0. The first-order chi connectivity index (χ1) is 6.07. The average molecular weight is 191 g/mol. The van der Waals surface area contributed by atoms with Crippen LogP contribution in [0, 0.1) is 17.5 Å². The first kappa shape index (κ1) is 10.0. The quantitative estimate of drug-likeness (QED) is 0.687. The van der Waals surface area contributed by atoms with E-state index >= 15 is 0 Å². The van der Waals surface area contributed by atoms with Gasteiger partial charge in [-0.2, -0.15) is 0 Å². The van der Waals surface area contributed by atoms with E-state index in [-0.39, 0.29) is 0 Å². The highest BCUT2D eigenvalue weighted by atomic mass is 19.2. The molecule has 0 amide bonds. The van der Waals surface area contributed by atoms with Crippen LogP contribution in [0.15, 0.2) is 12.1 Å². The standard InChI is InChI=1S/C8H8F3NO/c9-4-1-2-5(10)8(11)7(4)6(12)3-13/h1-2,6,13H,3,12H2/t6-/m1/s1. The van der Waals surface area contributed by atoms with E-state index in [0.717, 1.165) is 6.07 Å². The fraction of sp³-hybridized carbons (Fsp3) is 0.250. The van der Waals surface area contributed by atoms with Crippen molar-refractivity contribution in [2.75, 3.05) is 6.61 Å². The first-order valence-electron chi connectivity index (χ1n) is 3.57. The second-order valence-electron chi connectivity index (χ2n) is 2.55. The van der Waals surface area contributed by atoms with Crippen LogP contribution in [0.2, 0.25) is 0 Å². The minimum absolute atomic E-state index is 0.623. The molecule has 0 fully saturated rings. The molecule has 0 radical (unpaired) electrons. The Hall–Kier alpha value is -1.07. The van der Waals surface area contributed by atoms with E-state index in [1.54, 1.807) is 0 Å². The number of benzene rings is 1. The molecule has 1 aromatic rings. The summed E-state index contributed by atoms with van der Waals surface area (Å²) in [6, 6.07) is 0.192. The predicted molar refractivity (Wildman–Crippen MR) is 40.3 cm³/mol. The third-order valence-corrected chi connectivity index (χ3v) is 1.65. The molecule has 2 nitrogen and oxygen atoms in total. The molecule has 0 aliphatic rings. The maximum atomic E-state index is 12.9. The van der Waals surface area contributed by atoms with Crippen molar-refractivity contribution < 1.29 is 18.3 Å². The minimum atomic E-state index is -1.35. The number of hydrogen-bond donors (Lipinski definition) is 2. The van der Waals surface area contributed by atoms with Crippen LogP contribution in [-0.2, 0) is 0 Å². The third kappa shape index (κ3) is 1.81. The molecule has 1 rings (SSSR count). The Morgan fingerprint density at radius 3 is 2.31 bits per heavy atom. The zero-order chi connectivity index (χ0) is 10.0. The van der Waals surface area contributed by atoms with Crippen molar-refractivity contribution in [3.05, 3.63) is 35.1 Å². The van der Waals surface area contributed by atoms with Crippen molar-refractivity contribution >= 4 is 0 Å². The Morgan fingerprint density at radius 1 is 1.23 bits per heavy atom. The van der Waals surface area contributed by atoms with E-state index in [1.165, 1.54) is 0 Å². The van der Waals surface area contributed by atoms with Gasteiger partial charge in [0.25, 0.3) is 0 Å². The normalized spacial score (nSPS) is 13.0. The lowest BCUT2D eigenvalue weighted by molar-refractivity contribution is 0.261. The molecule has 0 saturated carbocycles. The number of nitrogens with two attached hydrogens (primary N) is 1. The molecular weight excluding hydrogens is 183 g/mol. The van der Waals surface area contributed by atoms with Crippen LogP contribution in [0.4, 0.5) is 13.2 Å². The Kier molecular flexibility index (Phi) is 2.90. The SMILES string of the molecule is N[C@H](CO)c1c(F)ccc(F)c1F. The van der Waals surface area contributed by atoms with Gasteiger partial charge < -0.3 is 10.8 Å². The summed E-state index contributed by atoms with van der Waals surface area (Å²) in [6.45, 7) is -0.642. The van der Waals surface area contributed by atoms with Gasteiger partial charge in [-0.1, -0.05) is 0 Å². The zero-order valence-electron chi connectivity index (χ0n) is 6.60. The molecule has 0 saturated heterocycles. The molecule has 0 aromatic heterocycles. The van der Waals surface area contributed by atoms with Crippen molar-refractivity contribution in [2.45, 2.75) is 6.04 Å². The Balaban J connectivity index is 3.25. The smallest absolute Gasteiger partial charge is 0.166 e. The summed E-state index contributed by atoms with van der Waals surface area (Å²) < 4.78 is 38.3. The van der Waals surface area contributed by atoms with Crippen molar-refractivity contribution in [3.8, 4) is 0 Å². The summed E-state index contributed by atoms with van der Waals surface area (Å²) in [5.41, 5.74) is 4.55. The molecule has 0 aliphatic carbocycles. The average Bonchev–Trinajstić information content (AvgIpc) is 2.12. The van der Waals surface area contributed by atoms with Crippen molar-refractivity contribution in [2.24, 2.45) is 5.73 Å². The van der Waals surface area contributed by atoms with Crippen LogP contribution in [-0.4, -0.2) is 11.7 Å². The predicted octanol–water partition coefficient (Wildman–Crippen LogP) is 1.10. The van der Waals surface area contributed by atoms with Crippen molar-refractivity contribution in [1.29, 1.82) is 0 Å². The molecule has 5 heteroatoms. The molecule has 0 heterocycles. The van der Waals surface area contributed by atoms with Gasteiger partial charge in [0, 0.05) is 5.56 Å². The highest BCUT2D eigenvalue weighted by molar-refractivity contribution is 5.24. The van der Waals surface area contributed by atoms with Gasteiger partial charge in [-0.15, -0.1) is 0 Å². The Bertz CT molecular complexity index is 317. The van der Waals surface area contributed by atoms with Gasteiger partial charge in [-0.25, -0.2) is 13.2 Å². The Morgan fingerprint density at radius 2 is 1.77 bits per heavy atom. The highest BCUT2D eigenvalue weighted by Crippen LogP contribution is 2.20. The number of aliphatic hydroxyl groups is 1. The van der Waals surface area contributed by atoms with E-state index in [0.29, 0.717) is 6.07 Å². The molecule has 72 valence electrons. The van der Waals surface area contributed by atoms with Crippen molar-refractivity contribution in [3.63, 3.8) is 0 Å². The summed E-state index contributed by atoms with van der Waals surface area (Å²) in [4.78, 5) is 0. The van der Waals surface area contributed by atoms with E-state index in [9.17, 15) is 13.2 Å². The topological polar surface area (TPSA) is 46.2 Å². The molecule has 1 atom stereocenters. The maximum absolute atomic E-state index is 12.9. The van der Waals surface area contributed by atoms with Crippen LogP contribution < -0.4 is 5.73 Å². The monoisotopic (exact) mass is 191 g/mol. The molecule has 0 bridgehead atoms. The van der Waals surface area contributed by atoms with Crippen LogP contribution in [0.1, 0.15) is 11.6 Å².